The minimum absolute atomic E-state index is 0.143. The molecular weight excluding hydrogens is 252 g/mol. The van der Waals surface area contributed by atoms with Crippen molar-refractivity contribution in [3.63, 3.8) is 0 Å². The van der Waals surface area contributed by atoms with Crippen LogP contribution in [0.25, 0.3) is 0 Å². The molecule has 0 spiro atoms. The van der Waals surface area contributed by atoms with Gasteiger partial charge in [-0.1, -0.05) is 0 Å². The first-order valence-electron chi connectivity index (χ1n) is 4.65. The van der Waals surface area contributed by atoms with Crippen LogP contribution < -0.4 is 5.32 Å². The van der Waals surface area contributed by atoms with Crippen LogP contribution in [0, 0.1) is 0 Å². The Morgan fingerprint density at radius 1 is 1.24 bits per heavy atom. The van der Waals surface area contributed by atoms with Crippen molar-refractivity contribution in [2.24, 2.45) is 0 Å². The third-order valence-corrected chi connectivity index (χ3v) is 2.42. The highest BCUT2D eigenvalue weighted by atomic mass is 19.4. The van der Waals surface area contributed by atoms with Gasteiger partial charge in [-0.15, -0.1) is 0 Å². The molecule has 0 aromatic carbocycles. The van der Waals surface area contributed by atoms with E-state index < -0.39 is 30.0 Å². The van der Waals surface area contributed by atoms with E-state index in [1.807, 2.05) is 5.32 Å². The van der Waals surface area contributed by atoms with E-state index in [1.165, 1.54) is 0 Å². The summed E-state index contributed by atoms with van der Waals surface area (Å²) < 4.78 is 74.9. The Kier molecular flexibility index (Phi) is 2.51. The van der Waals surface area contributed by atoms with E-state index in [2.05, 4.69) is 4.98 Å². The quantitative estimate of drug-likeness (QED) is 0.726. The van der Waals surface area contributed by atoms with Crippen molar-refractivity contribution in [1.29, 1.82) is 0 Å². The Morgan fingerprint density at radius 2 is 1.88 bits per heavy atom. The number of anilines is 1. The van der Waals surface area contributed by atoms with Crippen molar-refractivity contribution in [3.05, 3.63) is 11.9 Å². The summed E-state index contributed by atoms with van der Waals surface area (Å²) >= 11 is 0. The minimum atomic E-state index is -4.65. The monoisotopic (exact) mass is 259 g/mol. The molecule has 1 aromatic rings. The average Bonchev–Trinajstić information content (AvgIpc) is 2.57. The topological polar surface area (TPSA) is 29.9 Å². The van der Waals surface area contributed by atoms with E-state index in [1.54, 1.807) is 0 Å². The van der Waals surface area contributed by atoms with Crippen LogP contribution in [-0.2, 0) is 12.7 Å². The van der Waals surface area contributed by atoms with Gasteiger partial charge in [0.05, 0.1) is 0 Å². The molecule has 2 rings (SSSR count). The van der Waals surface area contributed by atoms with Gasteiger partial charge in [0.1, 0.15) is 6.04 Å². The number of alkyl halides is 6. The van der Waals surface area contributed by atoms with Gasteiger partial charge < -0.3 is 9.88 Å². The Bertz CT molecular complexity index is 418. The van der Waals surface area contributed by atoms with Crippen molar-refractivity contribution in [3.8, 4) is 0 Å². The maximum atomic E-state index is 12.4. The van der Waals surface area contributed by atoms with E-state index in [-0.39, 0.29) is 13.0 Å². The predicted octanol–water partition coefficient (Wildman–Crippen LogP) is 2.65. The third kappa shape index (κ3) is 2.32. The zero-order valence-electron chi connectivity index (χ0n) is 8.23. The van der Waals surface area contributed by atoms with Gasteiger partial charge in [-0.05, 0) is 6.42 Å². The van der Waals surface area contributed by atoms with Gasteiger partial charge in [0.15, 0.2) is 5.69 Å². The smallest absolute Gasteiger partial charge is 0.344 e. The molecule has 3 nitrogen and oxygen atoms in total. The molecule has 0 saturated heterocycles. The number of nitrogens with zero attached hydrogens (tertiary/aromatic N) is 2. The van der Waals surface area contributed by atoms with Gasteiger partial charge in [-0.2, -0.15) is 26.3 Å². The number of fused-ring (bicyclic) bond motifs is 1. The number of halogens is 6. The number of hydrogen-bond acceptors (Lipinski definition) is 2. The first-order chi connectivity index (χ1) is 7.68. The summed E-state index contributed by atoms with van der Waals surface area (Å²) in [6.07, 6.45) is -8.76. The van der Waals surface area contributed by atoms with Crippen LogP contribution in [0.5, 0.6) is 0 Å². The zero-order chi connectivity index (χ0) is 12.8. The second kappa shape index (κ2) is 3.54. The number of aryl methyl sites for hydroxylation is 1. The molecule has 1 aliphatic rings. The van der Waals surface area contributed by atoms with E-state index in [0.29, 0.717) is 6.20 Å². The van der Waals surface area contributed by atoms with E-state index in [9.17, 15) is 26.3 Å². The van der Waals surface area contributed by atoms with Crippen LogP contribution in [0.4, 0.5) is 32.3 Å². The fourth-order valence-corrected chi connectivity index (χ4v) is 1.58. The Hall–Kier alpha value is -1.41. The molecule has 1 atom stereocenters. The molecule has 0 aliphatic carbocycles. The highest BCUT2D eigenvalue weighted by Crippen LogP contribution is 2.33. The van der Waals surface area contributed by atoms with Crippen LogP contribution in [0.3, 0.4) is 0 Å². The van der Waals surface area contributed by atoms with Gasteiger partial charge in [0.2, 0.25) is 5.95 Å². The molecule has 0 radical (unpaired) electrons. The molecular formula is C8H7F6N3. The molecule has 96 valence electrons. The summed E-state index contributed by atoms with van der Waals surface area (Å²) in [6.45, 7) is -0.143. The molecule has 1 aliphatic heterocycles. The largest absolute Gasteiger partial charge is 0.434 e. The zero-order valence-corrected chi connectivity index (χ0v) is 8.23. The average molecular weight is 259 g/mol. The molecule has 0 saturated carbocycles. The molecule has 0 amide bonds. The number of aromatic nitrogens is 2. The maximum absolute atomic E-state index is 12.4. The second-order valence-corrected chi connectivity index (χ2v) is 3.67. The van der Waals surface area contributed by atoms with Crippen LogP contribution in [0.2, 0.25) is 0 Å². The lowest BCUT2D eigenvalue weighted by atomic mass is 10.2. The molecule has 2 heterocycles. The van der Waals surface area contributed by atoms with Crippen molar-refractivity contribution in [1.82, 2.24) is 9.55 Å². The van der Waals surface area contributed by atoms with Crippen molar-refractivity contribution in [2.75, 3.05) is 5.32 Å². The molecule has 0 fully saturated rings. The summed E-state index contributed by atoms with van der Waals surface area (Å²) in [5, 5.41) is 1.96. The lowest BCUT2D eigenvalue weighted by Crippen LogP contribution is -2.40. The van der Waals surface area contributed by atoms with Gasteiger partial charge in [-0.3, -0.25) is 0 Å². The third-order valence-electron chi connectivity index (χ3n) is 2.42. The normalized spacial score (nSPS) is 20.9. The lowest BCUT2D eigenvalue weighted by Gasteiger charge is -2.26. The van der Waals surface area contributed by atoms with Gasteiger partial charge in [-0.25, -0.2) is 4.98 Å². The molecule has 0 bridgehead atoms. The summed E-state index contributed by atoms with van der Waals surface area (Å²) in [6, 6.07) is -1.85. The van der Waals surface area contributed by atoms with Gasteiger partial charge >= 0.3 is 12.4 Å². The first kappa shape index (κ1) is 12.1. The SMILES string of the molecule is FC(F)(F)c1cn2c(n1)NC(C(F)(F)F)CC2. The van der Waals surface area contributed by atoms with Crippen LogP contribution in [-0.4, -0.2) is 21.8 Å². The fourth-order valence-electron chi connectivity index (χ4n) is 1.58. The highest BCUT2D eigenvalue weighted by molar-refractivity contribution is 5.34. The van der Waals surface area contributed by atoms with E-state index in [4.69, 9.17) is 0 Å². The molecule has 1 N–H and O–H groups in total. The van der Waals surface area contributed by atoms with Gasteiger partial charge in [0, 0.05) is 12.7 Å². The molecule has 1 unspecified atom stereocenters. The first-order valence-corrected chi connectivity index (χ1v) is 4.65. The fraction of sp³-hybridized carbons (Fsp3) is 0.625. The second-order valence-electron chi connectivity index (χ2n) is 3.67. The minimum Gasteiger partial charge on any atom is -0.344 e. The van der Waals surface area contributed by atoms with Crippen LogP contribution in [0.15, 0.2) is 6.20 Å². The number of nitrogens with one attached hydrogen (secondary N) is 1. The Labute approximate surface area is 91.4 Å². The Balaban J connectivity index is 2.25. The Morgan fingerprint density at radius 3 is 2.41 bits per heavy atom. The summed E-state index contributed by atoms with van der Waals surface area (Å²) in [5.74, 6) is -0.397. The van der Waals surface area contributed by atoms with E-state index >= 15 is 0 Å². The number of rotatable bonds is 0. The van der Waals surface area contributed by atoms with Crippen LogP contribution >= 0.6 is 0 Å². The molecule has 9 heteroatoms. The predicted molar refractivity (Wildman–Crippen MR) is 45.3 cm³/mol. The summed E-state index contributed by atoms with van der Waals surface area (Å²) in [5.41, 5.74) is -1.19. The van der Waals surface area contributed by atoms with Crippen molar-refractivity contribution in [2.45, 2.75) is 31.4 Å². The van der Waals surface area contributed by atoms with Crippen molar-refractivity contribution < 1.29 is 26.3 Å². The lowest BCUT2D eigenvalue weighted by molar-refractivity contribution is -0.145. The maximum Gasteiger partial charge on any atom is 0.434 e. The number of hydrogen-bond donors (Lipinski definition) is 1. The standard InChI is InChI=1S/C8H7F6N3/c9-7(10,11)4-1-2-17-3-5(8(12,13)14)16-6(17)15-4/h3-4H,1-2H2,(H,15,16). The van der Waals surface area contributed by atoms with E-state index in [0.717, 1.165) is 4.57 Å². The van der Waals surface area contributed by atoms with Crippen LogP contribution in [0.1, 0.15) is 12.1 Å². The summed E-state index contributed by atoms with van der Waals surface area (Å²) in [4.78, 5) is 3.11. The molecule has 1 aromatic heterocycles. The molecule has 17 heavy (non-hydrogen) atoms. The highest BCUT2D eigenvalue weighted by Gasteiger charge is 2.43. The summed E-state index contributed by atoms with van der Waals surface area (Å²) in [7, 11) is 0. The van der Waals surface area contributed by atoms with Crippen molar-refractivity contribution >= 4 is 5.95 Å². The number of imidazole rings is 1. The van der Waals surface area contributed by atoms with Gasteiger partial charge in [0.25, 0.3) is 0 Å².